The second kappa shape index (κ2) is 3.26. The van der Waals surface area contributed by atoms with Crippen molar-refractivity contribution in [2.24, 2.45) is 5.73 Å². The summed E-state index contributed by atoms with van der Waals surface area (Å²) < 4.78 is 0. The summed E-state index contributed by atoms with van der Waals surface area (Å²) in [6.07, 6.45) is 8.20. The van der Waals surface area contributed by atoms with Crippen molar-refractivity contribution in [3.05, 3.63) is 35.7 Å². The normalized spacial score (nSPS) is 28.2. The van der Waals surface area contributed by atoms with E-state index in [2.05, 4.69) is 35.6 Å². The van der Waals surface area contributed by atoms with E-state index in [1.165, 1.54) is 5.57 Å². The molecule has 0 aromatic carbocycles. The number of hydrogen-bond acceptors (Lipinski definition) is 3. The predicted molar refractivity (Wildman–Crippen MR) is 53.9 cm³/mol. The molecule has 1 aliphatic heterocycles. The van der Waals surface area contributed by atoms with Crippen molar-refractivity contribution >= 4 is 0 Å². The van der Waals surface area contributed by atoms with Crippen LogP contribution >= 0.6 is 0 Å². The largest absolute Gasteiger partial charge is 0.399 e. The number of nitrogens with one attached hydrogen (secondary N) is 1. The van der Waals surface area contributed by atoms with Gasteiger partial charge in [0.2, 0.25) is 0 Å². The van der Waals surface area contributed by atoms with Crippen LogP contribution in [0.2, 0.25) is 0 Å². The zero-order valence-electron chi connectivity index (χ0n) is 7.83. The Labute approximate surface area is 78.6 Å². The van der Waals surface area contributed by atoms with E-state index < -0.39 is 0 Å². The van der Waals surface area contributed by atoms with Gasteiger partial charge < -0.3 is 11.1 Å². The second-order valence-corrected chi connectivity index (χ2v) is 3.52. The number of nitrogens with zero attached hydrogens (tertiary/aromatic N) is 1. The van der Waals surface area contributed by atoms with Crippen LogP contribution in [0.15, 0.2) is 35.7 Å². The quantitative estimate of drug-likeness (QED) is 0.555. The van der Waals surface area contributed by atoms with Gasteiger partial charge in [-0.15, -0.1) is 0 Å². The maximum absolute atomic E-state index is 5.75. The van der Waals surface area contributed by atoms with Crippen molar-refractivity contribution in [1.29, 1.82) is 0 Å². The summed E-state index contributed by atoms with van der Waals surface area (Å²) >= 11 is 0. The number of allylic oxidation sites excluding steroid dienone is 1. The van der Waals surface area contributed by atoms with Gasteiger partial charge in [0.05, 0.1) is 6.04 Å². The average Bonchev–Trinajstić information content (AvgIpc) is 2.29. The Bertz CT molecular complexity index is 289. The summed E-state index contributed by atoms with van der Waals surface area (Å²) in [6.45, 7) is 2.04. The lowest BCUT2D eigenvalue weighted by atomic mass is 10.0. The molecule has 0 spiro atoms. The monoisotopic (exact) mass is 177 g/mol. The van der Waals surface area contributed by atoms with Crippen LogP contribution < -0.4 is 11.1 Å². The Morgan fingerprint density at radius 2 is 2.38 bits per heavy atom. The van der Waals surface area contributed by atoms with Gasteiger partial charge in [-0.1, -0.05) is 6.08 Å². The van der Waals surface area contributed by atoms with Crippen molar-refractivity contribution in [2.45, 2.75) is 6.04 Å². The molecule has 0 fully saturated rings. The van der Waals surface area contributed by atoms with E-state index in [4.69, 9.17) is 5.73 Å². The number of rotatable bonds is 0. The Balaban J connectivity index is 2.29. The molecule has 3 nitrogen and oxygen atoms in total. The zero-order valence-corrected chi connectivity index (χ0v) is 7.83. The third-order valence-electron chi connectivity index (χ3n) is 2.51. The van der Waals surface area contributed by atoms with Gasteiger partial charge in [-0.05, 0) is 24.8 Å². The first kappa shape index (κ1) is 8.38. The van der Waals surface area contributed by atoms with Crippen molar-refractivity contribution < 1.29 is 0 Å². The van der Waals surface area contributed by atoms with Crippen LogP contribution in [0.3, 0.4) is 0 Å². The summed E-state index contributed by atoms with van der Waals surface area (Å²) in [7, 11) is 2.12. The van der Waals surface area contributed by atoms with Crippen LogP contribution in [0.5, 0.6) is 0 Å². The summed E-state index contributed by atoms with van der Waals surface area (Å²) in [4.78, 5) is 2.29. The summed E-state index contributed by atoms with van der Waals surface area (Å²) in [6, 6.07) is 0.347. The molecule has 0 radical (unpaired) electrons. The van der Waals surface area contributed by atoms with E-state index in [1.807, 2.05) is 6.08 Å². The molecule has 3 N–H and O–H groups in total. The summed E-state index contributed by atoms with van der Waals surface area (Å²) in [5, 5.41) is 3.27. The molecule has 1 aliphatic carbocycles. The van der Waals surface area contributed by atoms with Gasteiger partial charge in [-0.25, -0.2) is 0 Å². The van der Waals surface area contributed by atoms with E-state index in [1.54, 1.807) is 0 Å². The number of fused-ring (bicyclic) bond motifs is 1. The Morgan fingerprint density at radius 3 is 3.23 bits per heavy atom. The van der Waals surface area contributed by atoms with E-state index in [-0.39, 0.29) is 0 Å². The van der Waals surface area contributed by atoms with Crippen LogP contribution in [0.25, 0.3) is 0 Å². The molecule has 0 saturated carbocycles. The molecular weight excluding hydrogens is 162 g/mol. The molecule has 1 heterocycles. The average molecular weight is 177 g/mol. The molecule has 0 aromatic rings. The highest BCUT2D eigenvalue weighted by Gasteiger charge is 2.19. The molecule has 1 atom stereocenters. The maximum Gasteiger partial charge on any atom is 0.0566 e. The molecule has 0 bridgehead atoms. The fourth-order valence-electron chi connectivity index (χ4n) is 1.71. The van der Waals surface area contributed by atoms with Crippen LogP contribution in [-0.4, -0.2) is 31.1 Å². The Kier molecular flexibility index (Phi) is 2.10. The lowest BCUT2D eigenvalue weighted by molar-refractivity contribution is 0.322. The molecule has 3 heteroatoms. The Hall–Kier alpha value is -1.22. The molecule has 2 aliphatic rings. The third kappa shape index (κ3) is 1.60. The van der Waals surface area contributed by atoms with Gasteiger partial charge in [0.15, 0.2) is 0 Å². The number of likely N-dealkylation sites (N-methyl/N-ethyl adjacent to an activating group) is 1. The van der Waals surface area contributed by atoms with E-state index in [0.717, 1.165) is 18.8 Å². The summed E-state index contributed by atoms with van der Waals surface area (Å²) in [5.41, 5.74) is 7.90. The van der Waals surface area contributed by atoms with Gasteiger partial charge in [-0.2, -0.15) is 0 Å². The van der Waals surface area contributed by atoms with E-state index >= 15 is 0 Å². The molecule has 0 aromatic heterocycles. The van der Waals surface area contributed by atoms with Crippen LogP contribution in [-0.2, 0) is 0 Å². The highest BCUT2D eigenvalue weighted by molar-refractivity contribution is 5.40. The first-order valence-electron chi connectivity index (χ1n) is 4.56. The predicted octanol–water partition coefficient (Wildman–Crippen LogP) is 0.186. The first-order valence-corrected chi connectivity index (χ1v) is 4.56. The van der Waals surface area contributed by atoms with Gasteiger partial charge in [0, 0.05) is 25.0 Å². The molecular formula is C10H15N3. The van der Waals surface area contributed by atoms with Crippen molar-refractivity contribution in [3.63, 3.8) is 0 Å². The molecule has 70 valence electrons. The minimum atomic E-state index is 0.347. The van der Waals surface area contributed by atoms with E-state index in [0.29, 0.717) is 6.04 Å². The third-order valence-corrected chi connectivity index (χ3v) is 2.51. The SMILES string of the molecule is CN1CCNC=C2C=CC(N)=CC21. The number of nitrogens with two attached hydrogens (primary N) is 1. The molecule has 0 amide bonds. The maximum atomic E-state index is 5.75. The lowest BCUT2D eigenvalue weighted by Crippen LogP contribution is -2.34. The van der Waals surface area contributed by atoms with Crippen LogP contribution in [0.4, 0.5) is 0 Å². The zero-order chi connectivity index (χ0) is 9.26. The molecule has 1 unspecified atom stereocenters. The van der Waals surface area contributed by atoms with Gasteiger partial charge in [0.25, 0.3) is 0 Å². The topological polar surface area (TPSA) is 41.3 Å². The smallest absolute Gasteiger partial charge is 0.0566 e. The fourth-order valence-corrected chi connectivity index (χ4v) is 1.71. The highest BCUT2D eigenvalue weighted by atomic mass is 15.2. The highest BCUT2D eigenvalue weighted by Crippen LogP contribution is 2.18. The van der Waals surface area contributed by atoms with Gasteiger partial charge >= 0.3 is 0 Å². The molecule has 0 saturated heterocycles. The van der Waals surface area contributed by atoms with Crippen LogP contribution in [0, 0.1) is 0 Å². The fraction of sp³-hybridized carbons (Fsp3) is 0.400. The van der Waals surface area contributed by atoms with E-state index in [9.17, 15) is 0 Å². The Morgan fingerprint density at radius 1 is 1.54 bits per heavy atom. The number of hydrogen-bond donors (Lipinski definition) is 2. The first-order chi connectivity index (χ1) is 6.27. The molecule has 13 heavy (non-hydrogen) atoms. The van der Waals surface area contributed by atoms with Crippen molar-refractivity contribution in [1.82, 2.24) is 10.2 Å². The minimum Gasteiger partial charge on any atom is -0.399 e. The van der Waals surface area contributed by atoms with Gasteiger partial charge in [-0.3, -0.25) is 4.90 Å². The lowest BCUT2D eigenvalue weighted by Gasteiger charge is -2.26. The van der Waals surface area contributed by atoms with Crippen LogP contribution in [0.1, 0.15) is 0 Å². The van der Waals surface area contributed by atoms with Gasteiger partial charge in [0.1, 0.15) is 0 Å². The standard InChI is InChI=1S/C10H15N3/c1-13-5-4-12-7-8-2-3-9(11)6-10(8)13/h2-3,6-7,10,12H,4-5,11H2,1H3. The van der Waals surface area contributed by atoms with Crippen molar-refractivity contribution in [3.8, 4) is 0 Å². The second-order valence-electron chi connectivity index (χ2n) is 3.52. The minimum absolute atomic E-state index is 0.347. The molecule has 2 rings (SSSR count). The summed E-state index contributed by atoms with van der Waals surface area (Å²) in [5.74, 6) is 0. The van der Waals surface area contributed by atoms with Crippen molar-refractivity contribution in [2.75, 3.05) is 20.1 Å².